The van der Waals surface area contributed by atoms with E-state index in [4.69, 9.17) is 4.74 Å². The van der Waals surface area contributed by atoms with Crippen LogP contribution in [0.1, 0.15) is 15.4 Å². The Labute approximate surface area is 132 Å². The molecule has 2 N–H and O–H groups in total. The molecule has 3 heterocycles. The number of anilines is 1. The minimum Gasteiger partial charge on any atom is -0.375 e. The monoisotopic (exact) mass is 373 g/mol. The number of carbonyl (C=O) groups is 1. The van der Waals surface area contributed by atoms with Crippen molar-refractivity contribution in [3.63, 3.8) is 0 Å². The summed E-state index contributed by atoms with van der Waals surface area (Å²) in [5, 5.41) is 6.22. The van der Waals surface area contributed by atoms with Crippen LogP contribution < -0.4 is 10.6 Å². The maximum Gasteiger partial charge on any atom is 0.321 e. The molecule has 0 radical (unpaired) electrons. The average molecular weight is 374 g/mol. The van der Waals surface area contributed by atoms with Crippen LogP contribution in [0.15, 0.2) is 15.9 Å². The number of halogens is 1. The molecule has 0 aliphatic carbocycles. The molecule has 0 saturated carbocycles. The summed E-state index contributed by atoms with van der Waals surface area (Å²) in [6.07, 6.45) is 0.818. The van der Waals surface area contributed by atoms with Crippen LogP contribution in [-0.4, -0.2) is 17.6 Å². The number of nitrogens with one attached hydrogen (secondary N) is 2. The second-order valence-corrected chi connectivity index (χ2v) is 7.84. The highest BCUT2D eigenvalue weighted by Gasteiger charge is 2.16. The Morgan fingerprint density at radius 1 is 1.45 bits per heavy atom. The molecule has 106 valence electrons. The van der Waals surface area contributed by atoms with Crippen molar-refractivity contribution in [3.05, 3.63) is 31.4 Å². The van der Waals surface area contributed by atoms with Gasteiger partial charge in [-0.05, 0) is 28.1 Å². The van der Waals surface area contributed by atoms with Gasteiger partial charge in [0.05, 0.1) is 34.1 Å². The second-order valence-electron chi connectivity index (χ2n) is 4.20. The van der Waals surface area contributed by atoms with Gasteiger partial charge in [0.2, 0.25) is 0 Å². The lowest BCUT2D eigenvalue weighted by Crippen LogP contribution is -2.27. The molecule has 0 spiro atoms. The van der Waals surface area contributed by atoms with Crippen molar-refractivity contribution in [2.45, 2.75) is 19.6 Å². The van der Waals surface area contributed by atoms with Crippen LogP contribution >= 0.6 is 38.6 Å². The summed E-state index contributed by atoms with van der Waals surface area (Å²) >= 11 is 6.47. The van der Waals surface area contributed by atoms with E-state index in [1.165, 1.54) is 11.3 Å². The molecule has 20 heavy (non-hydrogen) atoms. The first-order chi connectivity index (χ1) is 9.70. The number of hydrogen-bond donors (Lipinski definition) is 2. The van der Waals surface area contributed by atoms with E-state index in [2.05, 4.69) is 31.5 Å². The largest absolute Gasteiger partial charge is 0.375 e. The number of amides is 2. The van der Waals surface area contributed by atoms with E-state index in [9.17, 15) is 4.79 Å². The molecule has 0 bridgehead atoms. The molecule has 1 aliphatic rings. The van der Waals surface area contributed by atoms with Crippen LogP contribution in [0.25, 0.3) is 0 Å². The molecule has 1 aliphatic heterocycles. The molecular weight excluding hydrogens is 362 g/mol. The number of ether oxygens (including phenoxy) is 1. The second kappa shape index (κ2) is 6.21. The van der Waals surface area contributed by atoms with Crippen molar-refractivity contribution < 1.29 is 9.53 Å². The first kappa shape index (κ1) is 14.0. The Morgan fingerprint density at radius 3 is 3.10 bits per heavy atom. The van der Waals surface area contributed by atoms with E-state index in [0.717, 1.165) is 25.7 Å². The maximum absolute atomic E-state index is 11.8. The maximum atomic E-state index is 11.8. The number of aromatic nitrogens is 1. The molecule has 0 atom stereocenters. The van der Waals surface area contributed by atoms with Gasteiger partial charge in [0.25, 0.3) is 0 Å². The van der Waals surface area contributed by atoms with Crippen LogP contribution in [0.5, 0.6) is 0 Å². The molecule has 2 amide bonds. The number of rotatable bonds is 3. The molecular formula is C12H12BrN3O2S2. The number of hydrogen-bond acceptors (Lipinski definition) is 5. The zero-order valence-electron chi connectivity index (χ0n) is 10.4. The van der Waals surface area contributed by atoms with E-state index in [-0.39, 0.29) is 6.03 Å². The van der Waals surface area contributed by atoms with Gasteiger partial charge in [0, 0.05) is 11.3 Å². The van der Waals surface area contributed by atoms with Gasteiger partial charge in [-0.3, -0.25) is 5.32 Å². The number of carbonyl (C=O) groups excluding carboxylic acids is 1. The molecule has 2 aromatic heterocycles. The van der Waals surface area contributed by atoms with E-state index in [1.54, 1.807) is 11.3 Å². The fourth-order valence-electron chi connectivity index (χ4n) is 1.83. The molecule has 2 aromatic rings. The molecule has 8 heteroatoms. The topological polar surface area (TPSA) is 63.2 Å². The van der Waals surface area contributed by atoms with Crippen molar-refractivity contribution in [2.24, 2.45) is 0 Å². The first-order valence-corrected chi connectivity index (χ1v) is 8.49. The van der Waals surface area contributed by atoms with Crippen molar-refractivity contribution >= 4 is 49.8 Å². The quantitative estimate of drug-likeness (QED) is 0.866. The van der Waals surface area contributed by atoms with Crippen LogP contribution in [0.2, 0.25) is 0 Å². The lowest BCUT2D eigenvalue weighted by atomic mass is 10.2. The van der Waals surface area contributed by atoms with E-state index < -0.39 is 0 Å². The van der Waals surface area contributed by atoms with Gasteiger partial charge in [-0.2, -0.15) is 0 Å². The molecule has 0 saturated heterocycles. The third-order valence-corrected chi connectivity index (χ3v) is 5.38. The van der Waals surface area contributed by atoms with Crippen molar-refractivity contribution in [1.82, 2.24) is 10.3 Å². The summed E-state index contributed by atoms with van der Waals surface area (Å²) < 4.78 is 6.42. The smallest absolute Gasteiger partial charge is 0.321 e. The van der Waals surface area contributed by atoms with E-state index in [0.29, 0.717) is 24.9 Å². The summed E-state index contributed by atoms with van der Waals surface area (Å²) in [7, 11) is 0. The van der Waals surface area contributed by atoms with Crippen molar-refractivity contribution in [3.8, 4) is 0 Å². The highest BCUT2D eigenvalue weighted by molar-refractivity contribution is 9.11. The number of thiazole rings is 1. The van der Waals surface area contributed by atoms with Gasteiger partial charge in [0.15, 0.2) is 5.13 Å². The lowest BCUT2D eigenvalue weighted by molar-refractivity contribution is 0.112. The van der Waals surface area contributed by atoms with Gasteiger partial charge in [-0.25, -0.2) is 9.78 Å². The molecule has 3 rings (SSSR count). The Balaban J connectivity index is 1.54. The predicted octanol–water partition coefficient (Wildman–Crippen LogP) is 3.36. The highest BCUT2D eigenvalue weighted by atomic mass is 79.9. The third-order valence-electron chi connectivity index (χ3n) is 2.77. The average Bonchev–Trinajstić information content (AvgIpc) is 3.01. The predicted molar refractivity (Wildman–Crippen MR) is 83.4 cm³/mol. The summed E-state index contributed by atoms with van der Waals surface area (Å²) in [6, 6.07) is 3.71. The Morgan fingerprint density at radius 2 is 2.35 bits per heavy atom. The Kier molecular flexibility index (Phi) is 4.35. The van der Waals surface area contributed by atoms with E-state index >= 15 is 0 Å². The van der Waals surface area contributed by atoms with Gasteiger partial charge in [-0.1, -0.05) is 11.3 Å². The summed E-state index contributed by atoms with van der Waals surface area (Å²) in [5.41, 5.74) is 1.04. The van der Waals surface area contributed by atoms with Crippen LogP contribution in [0, 0.1) is 0 Å². The lowest BCUT2D eigenvalue weighted by Gasteiger charge is -2.08. The summed E-state index contributed by atoms with van der Waals surface area (Å²) in [4.78, 5) is 18.4. The molecule has 0 aromatic carbocycles. The Hall–Kier alpha value is -0.960. The van der Waals surface area contributed by atoms with E-state index in [1.807, 2.05) is 12.1 Å². The SMILES string of the molecule is O=C(NCc1ccc(Br)s1)Nc1nc2c(s1)COCC2. The van der Waals surface area contributed by atoms with Crippen molar-refractivity contribution in [2.75, 3.05) is 11.9 Å². The Bertz CT molecular complexity index is 603. The fourth-order valence-corrected chi connectivity index (χ4v) is 4.20. The van der Waals surface area contributed by atoms with Gasteiger partial charge in [-0.15, -0.1) is 11.3 Å². The van der Waals surface area contributed by atoms with Gasteiger partial charge in [0.1, 0.15) is 0 Å². The molecule has 5 nitrogen and oxygen atoms in total. The number of nitrogens with zero attached hydrogens (tertiary/aromatic N) is 1. The third kappa shape index (κ3) is 3.38. The number of urea groups is 1. The zero-order valence-corrected chi connectivity index (χ0v) is 13.7. The first-order valence-electron chi connectivity index (χ1n) is 6.06. The van der Waals surface area contributed by atoms with Crippen LogP contribution in [0.4, 0.5) is 9.93 Å². The van der Waals surface area contributed by atoms with Gasteiger partial charge >= 0.3 is 6.03 Å². The summed E-state index contributed by atoms with van der Waals surface area (Å²) in [5.74, 6) is 0. The fraction of sp³-hybridized carbons (Fsp3) is 0.333. The highest BCUT2D eigenvalue weighted by Crippen LogP contribution is 2.27. The minimum atomic E-state index is -0.235. The standard InChI is InChI=1S/C12H12BrN3O2S2/c13-10-2-1-7(19-10)5-14-11(17)16-12-15-8-3-4-18-6-9(8)20-12/h1-2H,3-6H2,(H2,14,15,16,17). The van der Waals surface area contributed by atoms with Crippen molar-refractivity contribution in [1.29, 1.82) is 0 Å². The molecule has 0 unspecified atom stereocenters. The minimum absolute atomic E-state index is 0.235. The zero-order chi connectivity index (χ0) is 13.9. The summed E-state index contributed by atoms with van der Waals surface area (Å²) in [6.45, 7) is 1.81. The normalized spacial score (nSPS) is 13.8. The van der Waals surface area contributed by atoms with Crippen LogP contribution in [-0.2, 0) is 24.3 Å². The van der Waals surface area contributed by atoms with Gasteiger partial charge < -0.3 is 10.1 Å². The van der Waals surface area contributed by atoms with Crippen LogP contribution in [0.3, 0.4) is 0 Å². The molecule has 0 fully saturated rings. The number of thiophene rings is 1. The number of fused-ring (bicyclic) bond motifs is 1.